The Bertz CT molecular complexity index is 2270. The van der Waals surface area contributed by atoms with Crippen LogP contribution in [0.4, 0.5) is 10.1 Å². The number of allylic oxidation sites excluding steroid dienone is 7. The zero-order chi connectivity index (χ0) is 69.4. The minimum Gasteiger partial charge on any atom is -0.505 e. The molecule has 88 heavy (non-hydrogen) atoms. The zero-order valence-corrected chi connectivity index (χ0v) is 63.7. The summed E-state index contributed by atoms with van der Waals surface area (Å²) in [6.45, 7) is 73.8. The minimum atomic E-state index is -0.330. The lowest BCUT2D eigenvalue weighted by atomic mass is 9.63. The molecule has 10 heteroatoms. The highest BCUT2D eigenvalue weighted by Crippen LogP contribution is 2.46. The maximum absolute atomic E-state index is 15.9. The smallest absolute Gasteiger partial charge is 0.149 e. The highest BCUT2D eigenvalue weighted by Gasteiger charge is 2.40. The molecule has 6 atom stereocenters. The van der Waals surface area contributed by atoms with Gasteiger partial charge >= 0.3 is 0 Å². The molecule has 0 amide bonds. The number of nitrogens with one attached hydrogen (secondary N) is 1. The van der Waals surface area contributed by atoms with Crippen LogP contribution < -0.4 is 10.2 Å². The van der Waals surface area contributed by atoms with Gasteiger partial charge in [-0.3, -0.25) is 0 Å². The van der Waals surface area contributed by atoms with Crippen LogP contribution >= 0.6 is 11.8 Å². The fraction of sp³-hybridized carbons (Fsp3) is 0.679. The van der Waals surface area contributed by atoms with Crippen molar-refractivity contribution in [3.05, 3.63) is 139 Å². The number of carbonyl (C=O) groups is 1. The lowest BCUT2D eigenvalue weighted by molar-refractivity contribution is -0.117. The molecule has 0 saturated carbocycles. The summed E-state index contributed by atoms with van der Waals surface area (Å²) in [5.41, 5.74) is 8.18. The third-order valence-corrected chi connectivity index (χ3v) is 18.2. The number of fused-ring (bicyclic) bond motifs is 2. The number of anilines is 1. The van der Waals surface area contributed by atoms with Crippen LogP contribution in [0.15, 0.2) is 122 Å². The van der Waals surface area contributed by atoms with Crippen LogP contribution in [-0.4, -0.2) is 97.9 Å². The Kier molecular flexibility index (Phi) is 47.9. The molecule has 3 unspecified atom stereocenters. The first-order valence-corrected chi connectivity index (χ1v) is 34.2. The molecule has 1 N–H and O–H groups in total. The first kappa shape index (κ1) is 90.2. The van der Waals surface area contributed by atoms with Gasteiger partial charge in [0.05, 0.1) is 42.9 Å². The van der Waals surface area contributed by atoms with Crippen molar-refractivity contribution in [1.82, 2.24) is 15.1 Å². The standard InChI is InChI=1S/C42H66FN3O.C20H41NOS.C9H16O.C3H6O.2C2H6/c1-16-37-27-36(25-31(6)34(9)45(13)18-3)41(10,11)33(8)22-30(5)28-42(12,44-17-2)39(47-15)21-19-20-29(4)23-35-24-32(7)40(43)38(26-35)46(37)14;1-11-12-20(8,9)23-15-17(2)21(10)14-13-19(6,7)22-16-18(3,4)5;1-4-5-8(2)6-7-9(3)10;1-3-4-2;2*1-2/h16-21,24,26,30,33-34,36,39,44H,2-3,6,22-23,25,27-28H2,1,4-5,7-15H3;2,11-16H2,1,3-10H3;5H,4,6-7H2,1-3H3;3H,1H2,2H3;2*1-2H3/b21-19+,29-20+,37-16-;;8-5+;;;/t30?,33?,34?,36-,39+,42+;;;;;/m0...../s1. The van der Waals surface area contributed by atoms with Crippen LogP contribution in [0.5, 0.6) is 0 Å². The van der Waals surface area contributed by atoms with Gasteiger partial charge in [-0.1, -0.05) is 196 Å². The second-order valence-corrected chi connectivity index (χ2v) is 29.0. The molecular weight excluding hydrogens is 1110 g/mol. The number of rotatable bonds is 24. The average molecular weight is 1250 g/mol. The van der Waals surface area contributed by atoms with Crippen molar-refractivity contribution in [2.45, 2.75) is 265 Å². The number of likely N-dealkylation sites (N-methyl/N-ethyl adjacent to an activating group) is 1. The fourth-order valence-corrected chi connectivity index (χ4v) is 11.5. The molecule has 0 radical (unpaired) electrons. The molecule has 510 valence electrons. The van der Waals surface area contributed by atoms with Crippen molar-refractivity contribution < 1.29 is 23.4 Å². The van der Waals surface area contributed by atoms with E-state index in [2.05, 4.69) is 227 Å². The Morgan fingerprint density at radius 2 is 1.53 bits per heavy atom. The van der Waals surface area contributed by atoms with E-state index in [-0.39, 0.29) is 51.6 Å². The Hall–Kier alpha value is -4.25. The molecule has 1 heterocycles. The normalized spacial score (nSPS) is 20.8. The maximum atomic E-state index is 15.9. The first-order valence-electron chi connectivity index (χ1n) is 33.2. The number of ketones is 1. The molecule has 1 aliphatic heterocycles. The van der Waals surface area contributed by atoms with Crippen LogP contribution in [-0.2, 0) is 25.4 Å². The van der Waals surface area contributed by atoms with Gasteiger partial charge in [-0.15, -0.1) is 11.8 Å². The van der Waals surface area contributed by atoms with Crippen molar-refractivity contribution in [2.24, 2.45) is 28.6 Å². The largest absolute Gasteiger partial charge is 0.505 e. The number of methoxy groups -OCH3 is 2. The predicted octanol–water partition coefficient (Wildman–Crippen LogP) is 22.1. The minimum absolute atomic E-state index is 0.0398. The highest BCUT2D eigenvalue weighted by atomic mass is 32.2. The molecular formula is C78H141FN4O4S. The molecule has 0 fully saturated rings. The second-order valence-electron chi connectivity index (χ2n) is 27.3. The molecule has 2 rings (SSSR count). The summed E-state index contributed by atoms with van der Waals surface area (Å²) < 4.78 is 32.7. The average Bonchev–Trinajstić information content (AvgIpc) is 1.35. The van der Waals surface area contributed by atoms with Crippen molar-refractivity contribution in [3.63, 3.8) is 0 Å². The number of hydrogen-bond acceptors (Lipinski definition) is 9. The van der Waals surface area contributed by atoms with Gasteiger partial charge in [-0.2, -0.15) is 0 Å². The second kappa shape index (κ2) is 46.8. The van der Waals surface area contributed by atoms with E-state index in [9.17, 15) is 4.79 Å². The van der Waals surface area contributed by atoms with Crippen LogP contribution in [0.3, 0.4) is 0 Å². The van der Waals surface area contributed by atoms with E-state index in [4.69, 9.17) is 9.47 Å². The number of aryl methyl sites for hydroxylation is 1. The first-order chi connectivity index (χ1) is 40.8. The van der Waals surface area contributed by atoms with Gasteiger partial charge in [0.1, 0.15) is 11.6 Å². The number of halogens is 1. The summed E-state index contributed by atoms with van der Waals surface area (Å²) in [5.74, 6) is 2.23. The number of nitrogens with zero attached hydrogens (tertiary/aromatic N) is 3. The monoisotopic (exact) mass is 1250 g/mol. The predicted molar refractivity (Wildman–Crippen MR) is 394 cm³/mol. The van der Waals surface area contributed by atoms with Crippen molar-refractivity contribution in [1.29, 1.82) is 0 Å². The zero-order valence-electron chi connectivity index (χ0n) is 62.9. The van der Waals surface area contributed by atoms with E-state index in [0.717, 1.165) is 81.5 Å². The SMILES string of the molecule is C=C(CSC(C)(C)CCC)N(C)CCC(C)(C)OCC(C)(C)C.C=CN[C@]1(C)CC(C)CC(C)C(C)(C)[C@@H](CC(=C)C(C)N(C)C=C)C/C(=C/C)N(C)c2cc(cc(C)c2F)C/C(C)=C/C=C/[C@H]1OC.C=COC.CC.CC.CC/C=C(\C)CCC(C)=O. The number of Topliss-reactive ketones (excluding diaryl/α,β-unsaturated/α-hetero) is 1. The van der Waals surface area contributed by atoms with Crippen LogP contribution in [0.25, 0.3) is 0 Å². The van der Waals surface area contributed by atoms with Crippen molar-refractivity contribution in [3.8, 4) is 0 Å². The lowest BCUT2D eigenvalue weighted by Gasteiger charge is -2.44. The van der Waals surface area contributed by atoms with Gasteiger partial charge in [-0.25, -0.2) is 4.39 Å². The molecule has 0 spiro atoms. The Morgan fingerprint density at radius 3 is 2.01 bits per heavy atom. The molecule has 0 aromatic heterocycles. The van der Waals surface area contributed by atoms with Gasteiger partial charge in [0.2, 0.25) is 0 Å². The van der Waals surface area contributed by atoms with Crippen molar-refractivity contribution >= 4 is 23.2 Å². The fourth-order valence-electron chi connectivity index (χ4n) is 10.4. The third-order valence-electron chi connectivity index (χ3n) is 16.7. The van der Waals surface area contributed by atoms with Crippen LogP contribution in [0.2, 0.25) is 0 Å². The lowest BCUT2D eigenvalue weighted by Crippen LogP contribution is -2.51. The van der Waals surface area contributed by atoms with Gasteiger partial charge < -0.3 is 39.0 Å². The molecule has 1 aromatic carbocycles. The molecule has 8 nitrogen and oxygen atoms in total. The van der Waals surface area contributed by atoms with Gasteiger partial charge in [0.25, 0.3) is 0 Å². The summed E-state index contributed by atoms with van der Waals surface area (Å²) in [7, 11) is 9.56. The van der Waals surface area contributed by atoms with Gasteiger partial charge in [0.15, 0.2) is 0 Å². The number of hydrogen-bond donors (Lipinski definition) is 1. The number of thioether (sulfide) groups is 1. The highest BCUT2D eigenvalue weighted by molar-refractivity contribution is 8.00. The summed E-state index contributed by atoms with van der Waals surface area (Å²) in [6, 6.07) is 4.17. The van der Waals surface area contributed by atoms with E-state index >= 15 is 4.39 Å². The van der Waals surface area contributed by atoms with E-state index in [1.807, 2.05) is 71.8 Å². The summed E-state index contributed by atoms with van der Waals surface area (Å²) in [6.07, 6.45) is 26.2. The third kappa shape index (κ3) is 37.8. The Labute approximate surface area is 550 Å². The summed E-state index contributed by atoms with van der Waals surface area (Å²) in [5, 5.41) is 3.56. The van der Waals surface area contributed by atoms with Gasteiger partial charge in [-0.05, 0) is 178 Å². The van der Waals surface area contributed by atoms with E-state index < -0.39 is 0 Å². The van der Waals surface area contributed by atoms with Crippen molar-refractivity contribution in [2.75, 3.05) is 59.2 Å². The maximum Gasteiger partial charge on any atom is 0.149 e. The van der Waals surface area contributed by atoms with E-state index in [1.165, 1.54) is 41.5 Å². The van der Waals surface area contributed by atoms with Crippen LogP contribution in [0.1, 0.15) is 235 Å². The number of benzene rings is 1. The molecule has 2 bridgehead atoms. The van der Waals surface area contributed by atoms with Crippen LogP contribution in [0, 0.1) is 41.3 Å². The summed E-state index contributed by atoms with van der Waals surface area (Å²) >= 11 is 2.01. The quantitative estimate of drug-likeness (QED) is 0.0805. The number of ether oxygens (including phenoxy) is 3. The summed E-state index contributed by atoms with van der Waals surface area (Å²) in [4.78, 5) is 17.0. The van der Waals surface area contributed by atoms with Gasteiger partial charge in [0, 0.05) is 69.2 Å². The molecule has 0 saturated heterocycles. The topological polar surface area (TPSA) is 66.5 Å². The van der Waals surface area contributed by atoms with E-state index in [0.29, 0.717) is 34.3 Å². The Balaban J connectivity index is -0.000000707. The molecule has 1 aromatic rings. The molecule has 0 aliphatic carbocycles. The van der Waals surface area contributed by atoms with E-state index in [1.54, 1.807) is 27.3 Å². The Morgan fingerprint density at radius 1 is 0.955 bits per heavy atom. The number of carbonyl (C=O) groups excluding carboxylic acids is 1. The molecule has 1 aliphatic rings.